The van der Waals surface area contributed by atoms with Gasteiger partial charge in [-0.1, -0.05) is 11.6 Å². The van der Waals surface area contributed by atoms with Gasteiger partial charge in [-0.05, 0) is 29.7 Å². The summed E-state index contributed by atoms with van der Waals surface area (Å²) in [5.41, 5.74) is 0. The Labute approximate surface area is 86.9 Å². The summed E-state index contributed by atoms with van der Waals surface area (Å²) in [6.07, 6.45) is 0. The summed E-state index contributed by atoms with van der Waals surface area (Å²) in [7, 11) is -1.39. The van der Waals surface area contributed by atoms with Gasteiger partial charge in [-0.2, -0.15) is 0 Å². The second-order valence-electron chi connectivity index (χ2n) is 2.54. The minimum atomic E-state index is -1.39. The minimum Gasteiger partial charge on any atom is -0.247 e. The van der Waals surface area contributed by atoms with Crippen LogP contribution in [0.25, 0.3) is 10.1 Å². The lowest BCUT2D eigenvalue weighted by atomic mass is 10.3. The number of hydrogen-bond acceptors (Lipinski definition) is 2. The van der Waals surface area contributed by atoms with E-state index in [1.807, 2.05) is 24.3 Å². The fourth-order valence-electron chi connectivity index (χ4n) is 1.09. The van der Waals surface area contributed by atoms with Crippen LogP contribution in [0.4, 0.5) is 0 Å². The van der Waals surface area contributed by atoms with E-state index in [-0.39, 0.29) is 0 Å². The van der Waals surface area contributed by atoms with Crippen molar-refractivity contribution in [2.45, 2.75) is 4.21 Å². The fraction of sp³-hybridized carbons (Fsp3) is 0. The average molecular weight is 232 g/mol. The third-order valence-electron chi connectivity index (χ3n) is 1.65. The van der Waals surface area contributed by atoms with Crippen molar-refractivity contribution in [2.24, 2.45) is 5.14 Å². The summed E-state index contributed by atoms with van der Waals surface area (Å²) in [6, 6.07) is 7.36. The molecule has 1 aromatic heterocycles. The molecule has 1 unspecified atom stereocenters. The molecule has 0 aliphatic heterocycles. The molecule has 0 fully saturated rings. The molecular weight excluding hydrogens is 226 g/mol. The Morgan fingerprint density at radius 3 is 2.85 bits per heavy atom. The predicted molar refractivity (Wildman–Crippen MR) is 57.4 cm³/mol. The number of nitrogens with two attached hydrogens (primary N) is 1. The number of benzene rings is 1. The van der Waals surface area contributed by atoms with Gasteiger partial charge >= 0.3 is 0 Å². The van der Waals surface area contributed by atoms with E-state index < -0.39 is 11.0 Å². The van der Waals surface area contributed by atoms with Crippen LogP contribution in [0, 0.1) is 0 Å². The highest BCUT2D eigenvalue weighted by molar-refractivity contribution is 7.85. The highest BCUT2D eigenvalue weighted by Gasteiger charge is 2.04. The monoisotopic (exact) mass is 231 g/mol. The van der Waals surface area contributed by atoms with Gasteiger partial charge in [-0.3, -0.25) is 0 Å². The lowest BCUT2D eigenvalue weighted by molar-refractivity contribution is 0.685. The number of rotatable bonds is 1. The molecule has 0 bridgehead atoms. The standard InChI is InChI=1S/C8H6ClNOS2/c9-6-1-2-7-5(3-6)4-8(12-7)13(10)11/h1-4H,10H2. The summed E-state index contributed by atoms with van der Waals surface area (Å²) >= 11 is 7.24. The zero-order valence-electron chi connectivity index (χ0n) is 6.49. The third kappa shape index (κ3) is 1.76. The van der Waals surface area contributed by atoms with Crippen molar-refractivity contribution in [1.82, 2.24) is 0 Å². The number of fused-ring (bicyclic) bond motifs is 1. The molecule has 0 saturated carbocycles. The van der Waals surface area contributed by atoms with E-state index in [0.717, 1.165) is 10.1 Å². The smallest absolute Gasteiger partial charge is 0.132 e. The van der Waals surface area contributed by atoms with Crippen molar-refractivity contribution in [3.05, 3.63) is 29.3 Å². The molecule has 0 radical (unpaired) electrons. The maximum Gasteiger partial charge on any atom is 0.132 e. The van der Waals surface area contributed by atoms with Crippen LogP contribution in [-0.4, -0.2) is 4.21 Å². The summed E-state index contributed by atoms with van der Waals surface area (Å²) in [5.74, 6) is 0. The van der Waals surface area contributed by atoms with Crippen molar-refractivity contribution in [3.63, 3.8) is 0 Å². The highest BCUT2D eigenvalue weighted by Crippen LogP contribution is 2.28. The minimum absolute atomic E-state index is 0.678. The number of thiophene rings is 1. The Bertz CT molecular complexity index is 480. The molecule has 68 valence electrons. The topological polar surface area (TPSA) is 43.1 Å². The average Bonchev–Trinajstić information content (AvgIpc) is 2.46. The van der Waals surface area contributed by atoms with Crippen LogP contribution >= 0.6 is 22.9 Å². The maximum atomic E-state index is 11.0. The molecule has 0 saturated heterocycles. The van der Waals surface area contributed by atoms with E-state index in [1.165, 1.54) is 11.3 Å². The molecule has 2 rings (SSSR count). The van der Waals surface area contributed by atoms with Crippen molar-refractivity contribution in [1.29, 1.82) is 0 Å². The molecule has 5 heteroatoms. The summed E-state index contributed by atoms with van der Waals surface area (Å²) < 4.78 is 12.7. The zero-order chi connectivity index (χ0) is 9.42. The van der Waals surface area contributed by atoms with Gasteiger partial charge < -0.3 is 0 Å². The SMILES string of the molecule is NS(=O)c1cc2cc(Cl)ccc2s1. The second-order valence-corrected chi connectivity index (χ2v) is 5.36. The van der Waals surface area contributed by atoms with E-state index >= 15 is 0 Å². The molecule has 1 heterocycles. The molecule has 1 aromatic carbocycles. The van der Waals surface area contributed by atoms with Gasteiger partial charge in [0.1, 0.15) is 15.2 Å². The van der Waals surface area contributed by atoms with E-state index in [9.17, 15) is 4.21 Å². The van der Waals surface area contributed by atoms with Gasteiger partial charge in [0, 0.05) is 9.72 Å². The fourth-order valence-corrected chi connectivity index (χ4v) is 2.88. The van der Waals surface area contributed by atoms with Gasteiger partial charge in [0.25, 0.3) is 0 Å². The molecular formula is C8H6ClNOS2. The van der Waals surface area contributed by atoms with Crippen molar-refractivity contribution < 1.29 is 4.21 Å². The number of halogens is 1. The lowest BCUT2D eigenvalue weighted by Gasteiger charge is -1.87. The Morgan fingerprint density at radius 2 is 2.15 bits per heavy atom. The predicted octanol–water partition coefficient (Wildman–Crippen LogP) is 2.54. The van der Waals surface area contributed by atoms with Crippen LogP contribution in [0.2, 0.25) is 5.02 Å². The lowest BCUT2D eigenvalue weighted by Crippen LogP contribution is -1.99. The summed E-state index contributed by atoms with van der Waals surface area (Å²) in [5, 5.41) is 6.94. The Morgan fingerprint density at radius 1 is 1.38 bits per heavy atom. The van der Waals surface area contributed by atoms with Crippen LogP contribution in [-0.2, 0) is 11.0 Å². The quantitative estimate of drug-likeness (QED) is 0.805. The largest absolute Gasteiger partial charge is 0.247 e. The normalized spacial score (nSPS) is 13.4. The summed E-state index contributed by atoms with van der Waals surface area (Å²) in [6.45, 7) is 0. The third-order valence-corrected chi connectivity index (χ3v) is 4.06. The van der Waals surface area contributed by atoms with Crippen molar-refractivity contribution >= 4 is 44.0 Å². The first-order valence-electron chi connectivity index (χ1n) is 3.52. The first-order chi connectivity index (χ1) is 6.16. The molecule has 0 aliphatic rings. The van der Waals surface area contributed by atoms with E-state index in [2.05, 4.69) is 0 Å². The summed E-state index contributed by atoms with van der Waals surface area (Å²) in [4.78, 5) is 0. The second kappa shape index (κ2) is 3.38. The molecule has 0 aliphatic carbocycles. The van der Waals surface area contributed by atoms with Crippen molar-refractivity contribution in [2.75, 3.05) is 0 Å². The van der Waals surface area contributed by atoms with E-state index in [0.29, 0.717) is 9.23 Å². The van der Waals surface area contributed by atoms with Crippen LogP contribution in [0.5, 0.6) is 0 Å². The molecule has 0 spiro atoms. The van der Waals surface area contributed by atoms with Crippen LogP contribution in [0.1, 0.15) is 0 Å². The maximum absolute atomic E-state index is 11.0. The molecule has 0 amide bonds. The van der Waals surface area contributed by atoms with E-state index in [1.54, 1.807) is 0 Å². The van der Waals surface area contributed by atoms with Gasteiger partial charge in [-0.15, -0.1) is 11.3 Å². The van der Waals surface area contributed by atoms with Crippen LogP contribution in [0.15, 0.2) is 28.5 Å². The number of hydrogen-bond donors (Lipinski definition) is 1. The molecule has 2 nitrogen and oxygen atoms in total. The highest BCUT2D eigenvalue weighted by atomic mass is 35.5. The Kier molecular flexibility index (Phi) is 2.38. The first-order valence-corrected chi connectivity index (χ1v) is 5.93. The molecule has 1 atom stereocenters. The van der Waals surface area contributed by atoms with E-state index in [4.69, 9.17) is 16.7 Å². The first kappa shape index (κ1) is 9.15. The Hall–Kier alpha value is -0.420. The van der Waals surface area contributed by atoms with Gasteiger partial charge in [0.2, 0.25) is 0 Å². The van der Waals surface area contributed by atoms with Crippen LogP contribution < -0.4 is 5.14 Å². The van der Waals surface area contributed by atoms with Gasteiger partial charge in [0.05, 0.1) is 0 Å². The zero-order valence-corrected chi connectivity index (χ0v) is 8.88. The molecule has 13 heavy (non-hydrogen) atoms. The van der Waals surface area contributed by atoms with Gasteiger partial charge in [-0.25, -0.2) is 9.35 Å². The van der Waals surface area contributed by atoms with Crippen molar-refractivity contribution in [3.8, 4) is 0 Å². The van der Waals surface area contributed by atoms with Crippen LogP contribution in [0.3, 0.4) is 0 Å². The molecule has 2 aromatic rings. The molecule has 2 N–H and O–H groups in total. The van der Waals surface area contributed by atoms with Gasteiger partial charge in [0.15, 0.2) is 0 Å². The Balaban J connectivity index is 2.68.